The molecule has 25 heavy (non-hydrogen) atoms. The van der Waals surface area contributed by atoms with Gasteiger partial charge in [-0.3, -0.25) is 4.79 Å². The molecule has 126 valence electrons. The summed E-state index contributed by atoms with van der Waals surface area (Å²) >= 11 is 0. The Bertz CT molecular complexity index is 944. The number of anilines is 1. The summed E-state index contributed by atoms with van der Waals surface area (Å²) in [4.78, 5) is 12.8. The zero-order chi connectivity index (χ0) is 17.4. The normalized spacial score (nSPS) is 15.0. The molecule has 0 bridgehead atoms. The van der Waals surface area contributed by atoms with Crippen LogP contribution >= 0.6 is 0 Å². The Hall–Kier alpha value is -2.95. The largest absolute Gasteiger partial charge is 0.356 e. The number of carbonyl (C=O) groups is 1. The van der Waals surface area contributed by atoms with Crippen molar-refractivity contribution in [1.29, 1.82) is 0 Å². The van der Waals surface area contributed by atoms with Gasteiger partial charge < -0.3 is 9.84 Å². The molecular formula is C20H17FN2O2. The van der Waals surface area contributed by atoms with Crippen LogP contribution in [-0.4, -0.2) is 11.1 Å². The van der Waals surface area contributed by atoms with E-state index in [0.29, 0.717) is 29.9 Å². The summed E-state index contributed by atoms with van der Waals surface area (Å²) in [5, 5.41) is 7.00. The monoisotopic (exact) mass is 336 g/mol. The number of carbonyl (C=O) groups excluding carboxylic acids is 1. The van der Waals surface area contributed by atoms with Crippen LogP contribution in [-0.2, 0) is 10.2 Å². The molecule has 4 nitrogen and oxygen atoms in total. The summed E-state index contributed by atoms with van der Waals surface area (Å²) < 4.78 is 19.2. The molecule has 0 unspecified atom stereocenters. The second-order valence-electron chi connectivity index (χ2n) is 6.46. The van der Waals surface area contributed by atoms with Gasteiger partial charge in [-0.05, 0) is 49.6 Å². The maximum Gasteiger partial charge on any atom is 0.236 e. The highest BCUT2D eigenvalue weighted by atomic mass is 19.1. The Kier molecular flexibility index (Phi) is 3.64. The predicted molar refractivity (Wildman–Crippen MR) is 92.6 cm³/mol. The highest BCUT2D eigenvalue weighted by Crippen LogP contribution is 2.49. The van der Waals surface area contributed by atoms with E-state index < -0.39 is 5.41 Å². The Labute approximate surface area is 144 Å². The van der Waals surface area contributed by atoms with Crippen molar-refractivity contribution in [2.24, 2.45) is 0 Å². The fourth-order valence-electron chi connectivity index (χ4n) is 2.99. The van der Waals surface area contributed by atoms with Gasteiger partial charge in [0.15, 0.2) is 5.76 Å². The Morgan fingerprint density at radius 3 is 2.68 bits per heavy atom. The molecule has 1 amide bonds. The lowest BCUT2D eigenvalue weighted by Gasteiger charge is -2.12. The quantitative estimate of drug-likeness (QED) is 0.765. The standard InChI is InChI=1S/C20H17FN2O2/c1-13-5-4-6-14(11-13)22-19(24)20(9-10-20)18-12-17(25-23-18)15-7-2-3-8-16(15)21/h2-8,11-12H,9-10H2,1H3,(H,22,24). The van der Waals surface area contributed by atoms with Gasteiger partial charge in [-0.15, -0.1) is 0 Å². The van der Waals surface area contributed by atoms with E-state index in [1.165, 1.54) is 6.07 Å². The molecule has 3 aromatic rings. The van der Waals surface area contributed by atoms with Crippen LogP contribution < -0.4 is 5.32 Å². The Balaban J connectivity index is 1.59. The van der Waals surface area contributed by atoms with Crippen LogP contribution in [0.15, 0.2) is 59.1 Å². The van der Waals surface area contributed by atoms with Gasteiger partial charge in [0.2, 0.25) is 5.91 Å². The van der Waals surface area contributed by atoms with Crippen molar-refractivity contribution in [2.45, 2.75) is 25.2 Å². The minimum atomic E-state index is -0.684. The van der Waals surface area contributed by atoms with Crippen molar-refractivity contribution < 1.29 is 13.7 Å². The van der Waals surface area contributed by atoms with Crippen LogP contribution in [0.5, 0.6) is 0 Å². The molecule has 0 aliphatic heterocycles. The van der Waals surface area contributed by atoms with E-state index in [9.17, 15) is 9.18 Å². The molecule has 2 aromatic carbocycles. The molecule has 1 saturated carbocycles. The molecule has 4 rings (SSSR count). The van der Waals surface area contributed by atoms with Gasteiger partial charge in [0.05, 0.1) is 16.7 Å². The summed E-state index contributed by atoms with van der Waals surface area (Å²) in [6.07, 6.45) is 1.40. The van der Waals surface area contributed by atoms with Gasteiger partial charge in [-0.25, -0.2) is 4.39 Å². The molecule has 1 heterocycles. The van der Waals surface area contributed by atoms with E-state index in [0.717, 1.165) is 11.3 Å². The van der Waals surface area contributed by atoms with Crippen LogP contribution in [0.4, 0.5) is 10.1 Å². The number of nitrogens with one attached hydrogen (secondary N) is 1. The number of aryl methyl sites for hydroxylation is 1. The van der Waals surface area contributed by atoms with Gasteiger partial charge in [0.1, 0.15) is 5.82 Å². The van der Waals surface area contributed by atoms with Crippen LogP contribution in [0.1, 0.15) is 24.1 Å². The lowest BCUT2D eigenvalue weighted by Crippen LogP contribution is -2.28. The molecule has 5 heteroatoms. The molecule has 1 aliphatic carbocycles. The van der Waals surface area contributed by atoms with E-state index >= 15 is 0 Å². The van der Waals surface area contributed by atoms with Crippen molar-refractivity contribution in [3.05, 3.63) is 71.7 Å². The first-order valence-corrected chi connectivity index (χ1v) is 8.19. The molecule has 1 N–H and O–H groups in total. The van der Waals surface area contributed by atoms with Crippen LogP contribution in [0.25, 0.3) is 11.3 Å². The lowest BCUT2D eigenvalue weighted by molar-refractivity contribution is -0.118. The number of amides is 1. The number of halogens is 1. The average Bonchev–Trinajstić information content (AvgIpc) is 3.27. The maximum absolute atomic E-state index is 13.9. The van der Waals surface area contributed by atoms with E-state index in [1.54, 1.807) is 24.3 Å². The van der Waals surface area contributed by atoms with Crippen molar-refractivity contribution in [1.82, 2.24) is 5.16 Å². The van der Waals surface area contributed by atoms with Gasteiger partial charge in [-0.1, -0.05) is 29.4 Å². The molecule has 1 aliphatic rings. The van der Waals surface area contributed by atoms with Crippen LogP contribution in [0, 0.1) is 12.7 Å². The number of aromatic nitrogens is 1. The first-order chi connectivity index (χ1) is 12.1. The minimum absolute atomic E-state index is 0.105. The summed E-state index contributed by atoms with van der Waals surface area (Å²) in [5.41, 5.74) is 2.04. The lowest BCUT2D eigenvalue weighted by atomic mass is 10.00. The van der Waals surface area contributed by atoms with E-state index in [4.69, 9.17) is 4.52 Å². The summed E-state index contributed by atoms with van der Waals surface area (Å²) in [6, 6.07) is 15.7. The number of rotatable bonds is 4. The molecule has 0 radical (unpaired) electrons. The second kappa shape index (κ2) is 5.84. The highest BCUT2D eigenvalue weighted by molar-refractivity contribution is 6.01. The smallest absolute Gasteiger partial charge is 0.236 e. The van der Waals surface area contributed by atoms with E-state index in [1.807, 2.05) is 31.2 Å². The van der Waals surface area contributed by atoms with E-state index in [-0.39, 0.29) is 11.7 Å². The first-order valence-electron chi connectivity index (χ1n) is 8.19. The van der Waals surface area contributed by atoms with Crippen molar-refractivity contribution >= 4 is 11.6 Å². The molecule has 0 saturated heterocycles. The van der Waals surface area contributed by atoms with Gasteiger partial charge in [0.25, 0.3) is 0 Å². The first kappa shape index (κ1) is 15.6. The number of hydrogen-bond acceptors (Lipinski definition) is 3. The SMILES string of the molecule is Cc1cccc(NC(=O)C2(c3cc(-c4ccccc4F)on3)CC2)c1. The Morgan fingerprint density at radius 2 is 1.96 bits per heavy atom. The summed E-state index contributed by atoms with van der Waals surface area (Å²) in [7, 11) is 0. The highest BCUT2D eigenvalue weighted by Gasteiger charge is 2.53. The third-order valence-electron chi connectivity index (χ3n) is 4.60. The van der Waals surface area contributed by atoms with Crippen molar-refractivity contribution in [3.8, 4) is 11.3 Å². The van der Waals surface area contributed by atoms with Crippen LogP contribution in [0.2, 0.25) is 0 Å². The van der Waals surface area contributed by atoms with E-state index in [2.05, 4.69) is 10.5 Å². The second-order valence-corrected chi connectivity index (χ2v) is 6.46. The Morgan fingerprint density at radius 1 is 1.16 bits per heavy atom. The molecule has 0 atom stereocenters. The topological polar surface area (TPSA) is 55.1 Å². The van der Waals surface area contributed by atoms with Crippen LogP contribution in [0.3, 0.4) is 0 Å². The number of nitrogens with zero attached hydrogens (tertiary/aromatic N) is 1. The maximum atomic E-state index is 13.9. The summed E-state index contributed by atoms with van der Waals surface area (Å²) in [6.45, 7) is 1.97. The van der Waals surface area contributed by atoms with Crippen molar-refractivity contribution in [3.63, 3.8) is 0 Å². The van der Waals surface area contributed by atoms with Gasteiger partial charge in [0, 0.05) is 11.8 Å². The van der Waals surface area contributed by atoms with Gasteiger partial charge in [-0.2, -0.15) is 0 Å². The number of benzene rings is 2. The molecule has 0 spiro atoms. The van der Waals surface area contributed by atoms with Crippen molar-refractivity contribution in [2.75, 3.05) is 5.32 Å². The molecular weight excluding hydrogens is 319 g/mol. The minimum Gasteiger partial charge on any atom is -0.356 e. The predicted octanol–water partition coefficient (Wildman–Crippen LogP) is 4.46. The zero-order valence-corrected chi connectivity index (χ0v) is 13.8. The fraction of sp³-hybridized carbons (Fsp3) is 0.200. The third-order valence-corrected chi connectivity index (χ3v) is 4.60. The third kappa shape index (κ3) is 2.82. The number of hydrogen-bond donors (Lipinski definition) is 1. The van der Waals surface area contributed by atoms with Gasteiger partial charge >= 0.3 is 0 Å². The molecule has 1 fully saturated rings. The zero-order valence-electron chi connectivity index (χ0n) is 13.8. The fourth-order valence-corrected chi connectivity index (χ4v) is 2.99. The molecule has 1 aromatic heterocycles. The average molecular weight is 336 g/mol. The summed E-state index contributed by atoms with van der Waals surface area (Å²) in [5.74, 6) is -0.145.